The first-order chi connectivity index (χ1) is 3.31. The zero-order valence-electron chi connectivity index (χ0n) is 4.68. The summed E-state index contributed by atoms with van der Waals surface area (Å²) < 4.78 is 4.51. The number of ether oxygens (including phenoxy) is 1. The number of rotatable bonds is 3. The van der Waals surface area contributed by atoms with E-state index in [0.29, 0.717) is 6.47 Å². The molecule has 0 aliphatic rings. The minimum atomic E-state index is 0.0810. The minimum absolute atomic E-state index is 0.0810. The van der Waals surface area contributed by atoms with Gasteiger partial charge in [-0.2, -0.15) is 0 Å². The Bertz CT molecular complexity index is 52.0. The van der Waals surface area contributed by atoms with Crippen LogP contribution in [-0.2, 0) is 9.53 Å². The highest BCUT2D eigenvalue weighted by Crippen LogP contribution is 1.90. The first-order valence-corrected chi connectivity index (χ1v) is 2.40. The Labute approximate surface area is 43.5 Å². The van der Waals surface area contributed by atoms with Crippen LogP contribution in [0.15, 0.2) is 0 Å². The van der Waals surface area contributed by atoms with E-state index in [0.717, 1.165) is 6.42 Å². The molecule has 42 valence electrons. The van der Waals surface area contributed by atoms with Crippen LogP contribution in [0.5, 0.6) is 0 Å². The van der Waals surface area contributed by atoms with Crippen molar-refractivity contribution in [1.29, 1.82) is 0 Å². The summed E-state index contributed by atoms with van der Waals surface area (Å²) in [6, 6.07) is 0. The van der Waals surface area contributed by atoms with Crippen molar-refractivity contribution >= 4 is 6.47 Å². The molecule has 0 saturated carbocycles. The van der Waals surface area contributed by atoms with Gasteiger partial charge in [-0.05, 0) is 13.3 Å². The predicted molar refractivity (Wildman–Crippen MR) is 26.9 cm³/mol. The maximum Gasteiger partial charge on any atom is 0.293 e. The highest BCUT2D eigenvalue weighted by Gasteiger charge is 1.92. The van der Waals surface area contributed by atoms with Gasteiger partial charge < -0.3 is 4.74 Å². The first kappa shape index (κ1) is 6.47. The van der Waals surface area contributed by atoms with Crippen molar-refractivity contribution in [3.05, 3.63) is 0 Å². The molecule has 0 saturated heterocycles. The van der Waals surface area contributed by atoms with E-state index in [1.165, 1.54) is 0 Å². The molecule has 0 aromatic rings. The summed E-state index contributed by atoms with van der Waals surface area (Å²) >= 11 is 0. The fourth-order valence-corrected chi connectivity index (χ4v) is 0.191. The molecule has 0 heterocycles. The molecule has 0 spiro atoms. The standard InChI is InChI=1S/C5H10O2/c1-3-5(2)7-4-6/h4-5H,3H2,1-2H3/t5-/m0/s1. The van der Waals surface area contributed by atoms with Crippen LogP contribution in [0, 0.1) is 0 Å². The third-order valence-electron chi connectivity index (χ3n) is 0.863. The van der Waals surface area contributed by atoms with Crippen molar-refractivity contribution in [3.8, 4) is 0 Å². The largest absolute Gasteiger partial charge is 0.465 e. The van der Waals surface area contributed by atoms with Crippen molar-refractivity contribution < 1.29 is 9.53 Å². The van der Waals surface area contributed by atoms with E-state index >= 15 is 0 Å². The first-order valence-electron chi connectivity index (χ1n) is 2.40. The smallest absolute Gasteiger partial charge is 0.293 e. The highest BCUT2D eigenvalue weighted by molar-refractivity contribution is 5.37. The lowest BCUT2D eigenvalue weighted by atomic mass is 10.3. The summed E-state index contributed by atoms with van der Waals surface area (Å²) in [5.41, 5.74) is 0. The van der Waals surface area contributed by atoms with E-state index in [1.54, 1.807) is 0 Å². The van der Waals surface area contributed by atoms with Crippen LogP contribution in [0.25, 0.3) is 0 Å². The Morgan fingerprint density at radius 1 is 1.86 bits per heavy atom. The van der Waals surface area contributed by atoms with Crippen LogP contribution in [0.1, 0.15) is 20.3 Å². The Kier molecular flexibility index (Phi) is 3.38. The molecule has 0 rings (SSSR count). The Morgan fingerprint density at radius 3 is 2.57 bits per heavy atom. The van der Waals surface area contributed by atoms with E-state index < -0.39 is 0 Å². The summed E-state index contributed by atoms with van der Waals surface area (Å²) in [4.78, 5) is 9.55. The van der Waals surface area contributed by atoms with Gasteiger partial charge in [-0.3, -0.25) is 4.79 Å². The van der Waals surface area contributed by atoms with E-state index in [4.69, 9.17) is 0 Å². The molecule has 0 aliphatic heterocycles. The van der Waals surface area contributed by atoms with E-state index in [1.807, 2.05) is 13.8 Å². The molecular formula is C5H10O2. The second kappa shape index (κ2) is 3.65. The van der Waals surface area contributed by atoms with Crippen molar-refractivity contribution in [2.24, 2.45) is 0 Å². The number of carbonyl (C=O) groups is 1. The van der Waals surface area contributed by atoms with Gasteiger partial charge in [0.1, 0.15) is 0 Å². The van der Waals surface area contributed by atoms with Crippen LogP contribution in [-0.4, -0.2) is 12.6 Å². The van der Waals surface area contributed by atoms with Crippen LogP contribution < -0.4 is 0 Å². The van der Waals surface area contributed by atoms with Crippen molar-refractivity contribution in [2.45, 2.75) is 26.4 Å². The molecule has 0 fully saturated rings. The third kappa shape index (κ3) is 3.30. The number of carbonyl (C=O) groups excluding carboxylic acids is 1. The minimum Gasteiger partial charge on any atom is -0.465 e. The summed E-state index contributed by atoms with van der Waals surface area (Å²) in [5, 5.41) is 0. The normalized spacial score (nSPS) is 12.9. The second-order valence-electron chi connectivity index (χ2n) is 1.45. The maximum atomic E-state index is 9.55. The van der Waals surface area contributed by atoms with Crippen molar-refractivity contribution in [1.82, 2.24) is 0 Å². The number of hydrogen-bond acceptors (Lipinski definition) is 2. The summed E-state index contributed by atoms with van der Waals surface area (Å²) in [6.07, 6.45) is 0.969. The molecule has 0 N–H and O–H groups in total. The van der Waals surface area contributed by atoms with Crippen molar-refractivity contribution in [2.75, 3.05) is 0 Å². The molecule has 0 unspecified atom stereocenters. The molecule has 0 aromatic heterocycles. The molecule has 1 atom stereocenters. The lowest BCUT2D eigenvalue weighted by Gasteiger charge is -2.02. The zero-order chi connectivity index (χ0) is 5.70. The van der Waals surface area contributed by atoms with Gasteiger partial charge in [-0.15, -0.1) is 0 Å². The van der Waals surface area contributed by atoms with Crippen LogP contribution in [0.2, 0.25) is 0 Å². The predicted octanol–water partition coefficient (Wildman–Crippen LogP) is 0.958. The average Bonchev–Trinajstić information content (AvgIpc) is 1.68. The molecule has 0 bridgehead atoms. The zero-order valence-corrected chi connectivity index (χ0v) is 4.68. The molecule has 2 heteroatoms. The fourth-order valence-electron chi connectivity index (χ4n) is 0.191. The maximum absolute atomic E-state index is 9.55. The highest BCUT2D eigenvalue weighted by atomic mass is 16.5. The SMILES string of the molecule is CC[C@H](C)OC=O. The Hall–Kier alpha value is -0.530. The molecule has 7 heavy (non-hydrogen) atoms. The van der Waals surface area contributed by atoms with Gasteiger partial charge in [0.25, 0.3) is 6.47 Å². The summed E-state index contributed by atoms with van der Waals surface area (Å²) in [5.74, 6) is 0. The van der Waals surface area contributed by atoms with Gasteiger partial charge in [-0.25, -0.2) is 0 Å². The Balaban J connectivity index is 2.98. The lowest BCUT2D eigenvalue weighted by Crippen LogP contribution is -2.03. The molecule has 0 aromatic carbocycles. The van der Waals surface area contributed by atoms with Gasteiger partial charge >= 0.3 is 0 Å². The third-order valence-corrected chi connectivity index (χ3v) is 0.863. The topological polar surface area (TPSA) is 26.3 Å². The van der Waals surface area contributed by atoms with Gasteiger partial charge in [0.05, 0.1) is 6.10 Å². The molecular weight excluding hydrogens is 92.1 g/mol. The molecule has 0 radical (unpaired) electrons. The van der Waals surface area contributed by atoms with Gasteiger partial charge in [-0.1, -0.05) is 6.92 Å². The second-order valence-corrected chi connectivity index (χ2v) is 1.45. The quantitative estimate of drug-likeness (QED) is 0.496. The van der Waals surface area contributed by atoms with E-state index in [9.17, 15) is 4.79 Å². The van der Waals surface area contributed by atoms with Crippen molar-refractivity contribution in [3.63, 3.8) is 0 Å². The van der Waals surface area contributed by atoms with E-state index in [2.05, 4.69) is 4.74 Å². The average molecular weight is 102 g/mol. The summed E-state index contributed by atoms with van der Waals surface area (Å²) in [6.45, 7) is 4.30. The van der Waals surface area contributed by atoms with Crippen LogP contribution in [0.4, 0.5) is 0 Å². The van der Waals surface area contributed by atoms with Crippen LogP contribution in [0.3, 0.4) is 0 Å². The van der Waals surface area contributed by atoms with Gasteiger partial charge in [0.2, 0.25) is 0 Å². The van der Waals surface area contributed by atoms with Gasteiger partial charge in [0, 0.05) is 0 Å². The number of hydrogen-bond donors (Lipinski definition) is 0. The fraction of sp³-hybridized carbons (Fsp3) is 0.800. The summed E-state index contributed by atoms with van der Waals surface area (Å²) in [7, 11) is 0. The molecule has 0 amide bonds. The lowest BCUT2D eigenvalue weighted by molar-refractivity contribution is -0.132. The van der Waals surface area contributed by atoms with Gasteiger partial charge in [0.15, 0.2) is 0 Å². The van der Waals surface area contributed by atoms with E-state index in [-0.39, 0.29) is 6.10 Å². The van der Waals surface area contributed by atoms with Crippen LogP contribution >= 0.6 is 0 Å². The molecule has 0 aliphatic carbocycles. The Morgan fingerprint density at radius 2 is 2.43 bits per heavy atom. The molecule has 2 nitrogen and oxygen atoms in total. The monoisotopic (exact) mass is 102 g/mol.